The van der Waals surface area contributed by atoms with E-state index >= 15 is 0 Å². The molecule has 0 radical (unpaired) electrons. The van der Waals surface area contributed by atoms with E-state index in [9.17, 15) is 0 Å². The van der Waals surface area contributed by atoms with Crippen LogP contribution in [0.2, 0.25) is 5.02 Å². The summed E-state index contributed by atoms with van der Waals surface area (Å²) in [6.45, 7) is 7.89. The molecule has 8 heteroatoms. The number of benzene rings is 1. The third-order valence-corrected chi connectivity index (χ3v) is 5.95. The number of nitrogens with one attached hydrogen (secondary N) is 2. The summed E-state index contributed by atoms with van der Waals surface area (Å²) in [5.41, 5.74) is 2.63. The standard InChI is InChI=1S/C23H33ClN6.HI/c1-17(2)29(4)15-19-9-6-5-8-18(19)14-27-23(25-3)28-20-11-13-30(16-20)22-21(24)10-7-12-26-22;/h5-10,12,17,20H,11,13-16H2,1-4H3,(H2,25,27,28);1H. The van der Waals surface area contributed by atoms with Crippen LogP contribution in [-0.4, -0.2) is 55.1 Å². The van der Waals surface area contributed by atoms with E-state index < -0.39 is 0 Å². The first kappa shape index (κ1) is 25.7. The van der Waals surface area contributed by atoms with Gasteiger partial charge in [-0.1, -0.05) is 35.9 Å². The monoisotopic (exact) mass is 556 g/mol. The van der Waals surface area contributed by atoms with Gasteiger partial charge in [0.05, 0.1) is 5.02 Å². The Morgan fingerprint density at radius 1 is 1.26 bits per heavy atom. The summed E-state index contributed by atoms with van der Waals surface area (Å²) >= 11 is 6.31. The number of guanidine groups is 1. The van der Waals surface area contributed by atoms with E-state index in [1.165, 1.54) is 11.1 Å². The fourth-order valence-corrected chi connectivity index (χ4v) is 3.82. The molecule has 0 saturated carbocycles. The molecule has 0 aliphatic carbocycles. The van der Waals surface area contributed by atoms with Crippen LogP contribution in [0.5, 0.6) is 0 Å². The molecule has 1 aromatic carbocycles. The van der Waals surface area contributed by atoms with Crippen LogP contribution in [0.3, 0.4) is 0 Å². The predicted molar refractivity (Wildman–Crippen MR) is 142 cm³/mol. The zero-order valence-corrected chi connectivity index (χ0v) is 21.9. The molecule has 0 bridgehead atoms. The normalized spacial score (nSPS) is 16.5. The first-order valence-corrected chi connectivity index (χ1v) is 11.0. The van der Waals surface area contributed by atoms with Gasteiger partial charge in [-0.15, -0.1) is 24.0 Å². The number of halogens is 2. The maximum absolute atomic E-state index is 6.31. The molecule has 0 amide bonds. The highest BCUT2D eigenvalue weighted by Gasteiger charge is 2.25. The average Bonchev–Trinajstić information content (AvgIpc) is 3.20. The van der Waals surface area contributed by atoms with Crippen LogP contribution >= 0.6 is 35.6 Å². The van der Waals surface area contributed by atoms with E-state index in [0.29, 0.717) is 17.1 Å². The van der Waals surface area contributed by atoms with E-state index in [2.05, 4.69) is 75.6 Å². The summed E-state index contributed by atoms with van der Waals surface area (Å²) in [5, 5.41) is 7.73. The van der Waals surface area contributed by atoms with Crippen molar-refractivity contribution in [2.24, 2.45) is 4.99 Å². The Morgan fingerprint density at radius 2 is 2.00 bits per heavy atom. The van der Waals surface area contributed by atoms with Crippen LogP contribution < -0.4 is 15.5 Å². The molecule has 1 unspecified atom stereocenters. The second-order valence-corrected chi connectivity index (χ2v) is 8.50. The minimum atomic E-state index is 0. The van der Waals surface area contributed by atoms with Gasteiger partial charge in [0.25, 0.3) is 0 Å². The number of hydrogen-bond acceptors (Lipinski definition) is 4. The summed E-state index contributed by atoms with van der Waals surface area (Å²) < 4.78 is 0. The molecule has 2 heterocycles. The van der Waals surface area contributed by atoms with Crippen molar-refractivity contribution in [1.82, 2.24) is 20.5 Å². The Hall–Kier alpha value is -1.58. The van der Waals surface area contributed by atoms with E-state index in [0.717, 1.165) is 44.4 Å². The topological polar surface area (TPSA) is 55.8 Å². The van der Waals surface area contributed by atoms with E-state index in [4.69, 9.17) is 11.6 Å². The van der Waals surface area contributed by atoms with Gasteiger partial charge in [-0.3, -0.25) is 9.89 Å². The molecule has 0 spiro atoms. The maximum atomic E-state index is 6.31. The predicted octanol–water partition coefficient (Wildman–Crippen LogP) is 4.14. The summed E-state index contributed by atoms with van der Waals surface area (Å²) in [6.07, 6.45) is 2.81. The molecule has 1 saturated heterocycles. The Balaban J connectivity index is 0.00000341. The quantitative estimate of drug-likeness (QED) is 0.305. The van der Waals surface area contributed by atoms with Crippen molar-refractivity contribution in [3.8, 4) is 0 Å². The van der Waals surface area contributed by atoms with Gasteiger partial charge in [0.15, 0.2) is 5.96 Å². The number of aliphatic imine (C=N–C) groups is 1. The molecule has 1 aliphatic heterocycles. The second kappa shape index (κ2) is 12.5. The van der Waals surface area contributed by atoms with Gasteiger partial charge in [0.2, 0.25) is 0 Å². The molecule has 2 aromatic rings. The van der Waals surface area contributed by atoms with Crippen LogP contribution in [0.1, 0.15) is 31.4 Å². The zero-order chi connectivity index (χ0) is 21.5. The smallest absolute Gasteiger partial charge is 0.191 e. The Labute approximate surface area is 208 Å². The van der Waals surface area contributed by atoms with Crippen molar-refractivity contribution in [2.45, 2.75) is 45.4 Å². The number of nitrogens with zero attached hydrogens (tertiary/aromatic N) is 4. The highest BCUT2D eigenvalue weighted by molar-refractivity contribution is 14.0. The summed E-state index contributed by atoms with van der Waals surface area (Å²) in [5.74, 6) is 1.68. The van der Waals surface area contributed by atoms with Crippen LogP contribution in [0.4, 0.5) is 5.82 Å². The van der Waals surface area contributed by atoms with Crippen molar-refractivity contribution in [3.05, 3.63) is 58.7 Å². The Bertz CT molecular complexity index is 859. The molecular formula is C23H34ClIN6. The lowest BCUT2D eigenvalue weighted by molar-refractivity contribution is 0.265. The maximum Gasteiger partial charge on any atom is 0.191 e. The zero-order valence-electron chi connectivity index (χ0n) is 18.8. The van der Waals surface area contributed by atoms with Gasteiger partial charge in [-0.05, 0) is 50.6 Å². The first-order valence-electron chi connectivity index (χ1n) is 10.6. The Morgan fingerprint density at radius 3 is 2.68 bits per heavy atom. The van der Waals surface area contributed by atoms with Gasteiger partial charge in [-0.2, -0.15) is 0 Å². The van der Waals surface area contributed by atoms with E-state index in [1.54, 1.807) is 6.20 Å². The van der Waals surface area contributed by atoms with Crippen molar-refractivity contribution < 1.29 is 0 Å². The fraction of sp³-hybridized carbons (Fsp3) is 0.478. The minimum Gasteiger partial charge on any atom is -0.353 e. The second-order valence-electron chi connectivity index (χ2n) is 8.09. The molecular weight excluding hydrogens is 523 g/mol. The molecule has 3 rings (SSSR count). The van der Waals surface area contributed by atoms with Crippen molar-refractivity contribution >= 4 is 47.4 Å². The van der Waals surface area contributed by atoms with Crippen LogP contribution in [0, 0.1) is 0 Å². The van der Waals surface area contributed by atoms with Gasteiger partial charge >= 0.3 is 0 Å². The highest BCUT2D eigenvalue weighted by Crippen LogP contribution is 2.25. The lowest BCUT2D eigenvalue weighted by atomic mass is 10.1. The third kappa shape index (κ3) is 7.22. The molecule has 1 aromatic heterocycles. The fourth-order valence-electron chi connectivity index (χ4n) is 3.58. The van der Waals surface area contributed by atoms with Crippen LogP contribution in [-0.2, 0) is 13.1 Å². The number of rotatable bonds is 7. The number of hydrogen-bond donors (Lipinski definition) is 2. The highest BCUT2D eigenvalue weighted by atomic mass is 127. The largest absolute Gasteiger partial charge is 0.353 e. The van der Waals surface area contributed by atoms with Crippen molar-refractivity contribution in [2.75, 3.05) is 32.1 Å². The Kier molecular flexibility index (Phi) is 10.3. The SMILES string of the molecule is CN=C(NCc1ccccc1CN(C)C(C)C)NC1CCN(c2ncccc2Cl)C1.I. The van der Waals surface area contributed by atoms with Gasteiger partial charge < -0.3 is 15.5 Å². The summed E-state index contributed by atoms with van der Waals surface area (Å²) in [6, 6.07) is 13.2. The lowest BCUT2D eigenvalue weighted by Gasteiger charge is -2.23. The van der Waals surface area contributed by atoms with Gasteiger partial charge in [-0.25, -0.2) is 4.98 Å². The molecule has 170 valence electrons. The van der Waals surface area contributed by atoms with E-state index in [1.807, 2.05) is 19.2 Å². The molecule has 31 heavy (non-hydrogen) atoms. The molecule has 6 nitrogen and oxygen atoms in total. The van der Waals surface area contributed by atoms with Crippen LogP contribution in [0.15, 0.2) is 47.6 Å². The lowest BCUT2D eigenvalue weighted by Crippen LogP contribution is -2.44. The first-order chi connectivity index (χ1) is 14.5. The number of pyridine rings is 1. The summed E-state index contributed by atoms with van der Waals surface area (Å²) in [4.78, 5) is 13.4. The van der Waals surface area contributed by atoms with Crippen molar-refractivity contribution in [3.63, 3.8) is 0 Å². The molecule has 1 atom stereocenters. The van der Waals surface area contributed by atoms with Gasteiger partial charge in [0, 0.05) is 51.5 Å². The number of anilines is 1. The molecule has 2 N–H and O–H groups in total. The minimum absolute atomic E-state index is 0. The molecule has 1 fully saturated rings. The molecule has 1 aliphatic rings. The van der Waals surface area contributed by atoms with E-state index in [-0.39, 0.29) is 24.0 Å². The third-order valence-electron chi connectivity index (χ3n) is 5.66. The van der Waals surface area contributed by atoms with Crippen molar-refractivity contribution in [1.29, 1.82) is 0 Å². The number of aromatic nitrogens is 1. The summed E-state index contributed by atoms with van der Waals surface area (Å²) in [7, 11) is 3.98. The average molecular weight is 557 g/mol. The van der Waals surface area contributed by atoms with Gasteiger partial charge in [0.1, 0.15) is 5.82 Å². The van der Waals surface area contributed by atoms with Crippen LogP contribution in [0.25, 0.3) is 0 Å².